The summed E-state index contributed by atoms with van der Waals surface area (Å²) in [6, 6.07) is 12.3. The molecule has 1 aromatic carbocycles. The minimum absolute atomic E-state index is 0.0906. The van der Waals surface area contributed by atoms with Crippen LogP contribution in [0.1, 0.15) is 49.7 Å². The minimum atomic E-state index is -0.0906. The number of hydrogen-bond acceptors (Lipinski definition) is 4. The molecule has 150 valence electrons. The summed E-state index contributed by atoms with van der Waals surface area (Å²) >= 11 is 6.03. The maximum Gasteiger partial charge on any atom is 0.161 e. The number of nitrogens with one attached hydrogen (secondary N) is 1. The summed E-state index contributed by atoms with van der Waals surface area (Å²) in [6.07, 6.45) is 6.01. The Morgan fingerprint density at radius 2 is 1.86 bits per heavy atom. The van der Waals surface area contributed by atoms with E-state index in [-0.39, 0.29) is 5.54 Å². The number of halogens is 1. The van der Waals surface area contributed by atoms with Gasteiger partial charge in [-0.15, -0.1) is 0 Å². The Labute approximate surface area is 176 Å². The second-order valence-corrected chi connectivity index (χ2v) is 8.91. The van der Waals surface area contributed by atoms with Gasteiger partial charge in [-0.05, 0) is 42.7 Å². The van der Waals surface area contributed by atoms with E-state index in [0.717, 1.165) is 54.8 Å². The predicted octanol–water partition coefficient (Wildman–Crippen LogP) is 4.96. The molecule has 3 aromatic rings. The average Bonchev–Trinajstić information content (AvgIpc) is 3.19. The van der Waals surface area contributed by atoms with Crippen LogP contribution in [0.4, 0.5) is 5.69 Å². The lowest BCUT2D eigenvalue weighted by Gasteiger charge is -2.45. The number of imidazole rings is 1. The first-order chi connectivity index (χ1) is 14.1. The van der Waals surface area contributed by atoms with Crippen LogP contribution >= 0.6 is 11.6 Å². The van der Waals surface area contributed by atoms with Crippen LogP contribution in [0.3, 0.4) is 0 Å². The predicted molar refractivity (Wildman–Crippen MR) is 117 cm³/mol. The van der Waals surface area contributed by atoms with Crippen LogP contribution in [-0.2, 0) is 12.1 Å². The lowest BCUT2D eigenvalue weighted by atomic mass is 9.82. The van der Waals surface area contributed by atoms with Crippen LogP contribution < -0.4 is 5.32 Å². The largest absolute Gasteiger partial charge is 0.371 e. The van der Waals surface area contributed by atoms with Crippen molar-refractivity contribution in [1.29, 1.82) is 0 Å². The summed E-state index contributed by atoms with van der Waals surface area (Å²) in [5.74, 6) is 2.40. The zero-order chi connectivity index (χ0) is 20.0. The normalized spacial score (nSPS) is 17.8. The second kappa shape index (κ2) is 7.15. The molecule has 0 unspecified atom stereocenters. The molecule has 1 N–H and O–H groups in total. The second-order valence-electron chi connectivity index (χ2n) is 8.48. The fraction of sp³-hybridized carbons (Fsp3) is 0.391. The Morgan fingerprint density at radius 3 is 2.59 bits per heavy atom. The average molecular weight is 408 g/mol. The van der Waals surface area contributed by atoms with Crippen molar-refractivity contribution in [2.45, 2.75) is 44.7 Å². The molecule has 2 aliphatic heterocycles. The molecule has 2 aliphatic rings. The zero-order valence-corrected chi connectivity index (χ0v) is 17.7. The molecule has 1 fully saturated rings. The van der Waals surface area contributed by atoms with Gasteiger partial charge in [-0.25, -0.2) is 9.97 Å². The fourth-order valence-electron chi connectivity index (χ4n) is 4.65. The first-order valence-corrected chi connectivity index (χ1v) is 10.7. The van der Waals surface area contributed by atoms with Crippen molar-refractivity contribution < 1.29 is 0 Å². The summed E-state index contributed by atoms with van der Waals surface area (Å²) in [5.41, 5.74) is 3.57. The van der Waals surface area contributed by atoms with Crippen molar-refractivity contribution in [3.8, 4) is 5.82 Å². The quantitative estimate of drug-likeness (QED) is 0.666. The molecular weight excluding hydrogens is 382 g/mol. The van der Waals surface area contributed by atoms with Gasteiger partial charge in [0.2, 0.25) is 0 Å². The van der Waals surface area contributed by atoms with E-state index in [0.29, 0.717) is 5.92 Å². The van der Waals surface area contributed by atoms with E-state index in [1.807, 2.05) is 24.4 Å². The molecule has 4 heterocycles. The molecule has 2 aromatic heterocycles. The molecule has 0 atom stereocenters. The fourth-order valence-corrected chi connectivity index (χ4v) is 4.78. The molecule has 0 aliphatic carbocycles. The van der Waals surface area contributed by atoms with Crippen molar-refractivity contribution in [3.63, 3.8) is 0 Å². The highest BCUT2D eigenvalue weighted by molar-refractivity contribution is 6.30. The molecule has 1 saturated heterocycles. The summed E-state index contributed by atoms with van der Waals surface area (Å²) in [4.78, 5) is 12.0. The zero-order valence-electron chi connectivity index (χ0n) is 16.9. The number of piperidine rings is 1. The Morgan fingerprint density at radius 1 is 1.10 bits per heavy atom. The van der Waals surface area contributed by atoms with Gasteiger partial charge < -0.3 is 5.32 Å². The van der Waals surface area contributed by atoms with Crippen molar-refractivity contribution in [3.05, 3.63) is 70.9 Å². The first kappa shape index (κ1) is 18.6. The van der Waals surface area contributed by atoms with Crippen molar-refractivity contribution in [2.75, 3.05) is 18.4 Å². The van der Waals surface area contributed by atoms with Crippen LogP contribution in [0.2, 0.25) is 5.02 Å². The molecule has 5 nitrogen and oxygen atoms in total. The van der Waals surface area contributed by atoms with Gasteiger partial charge in [0.1, 0.15) is 5.82 Å². The topological polar surface area (TPSA) is 46.0 Å². The van der Waals surface area contributed by atoms with E-state index in [2.05, 4.69) is 58.0 Å². The maximum atomic E-state index is 6.03. The third kappa shape index (κ3) is 3.22. The highest BCUT2D eigenvalue weighted by atomic mass is 35.5. The molecule has 6 heteroatoms. The lowest BCUT2D eigenvalue weighted by Crippen LogP contribution is -2.49. The van der Waals surface area contributed by atoms with E-state index in [4.69, 9.17) is 16.6 Å². The van der Waals surface area contributed by atoms with Gasteiger partial charge >= 0.3 is 0 Å². The van der Waals surface area contributed by atoms with E-state index in [9.17, 15) is 0 Å². The van der Waals surface area contributed by atoms with Gasteiger partial charge in [-0.2, -0.15) is 0 Å². The van der Waals surface area contributed by atoms with E-state index < -0.39 is 0 Å². The van der Waals surface area contributed by atoms with Crippen LogP contribution in [0, 0.1) is 0 Å². The Kier molecular flexibility index (Phi) is 4.60. The number of fused-ring (bicyclic) bond motifs is 4. The van der Waals surface area contributed by atoms with E-state index >= 15 is 0 Å². The van der Waals surface area contributed by atoms with Gasteiger partial charge in [-0.3, -0.25) is 9.47 Å². The number of aromatic nitrogens is 3. The molecule has 0 radical (unpaired) electrons. The third-order valence-electron chi connectivity index (χ3n) is 6.20. The van der Waals surface area contributed by atoms with Crippen molar-refractivity contribution >= 4 is 17.3 Å². The van der Waals surface area contributed by atoms with Crippen molar-refractivity contribution in [1.82, 2.24) is 19.4 Å². The highest BCUT2D eigenvalue weighted by Crippen LogP contribution is 2.44. The number of benzene rings is 1. The number of hydrogen-bond donors (Lipinski definition) is 1. The number of likely N-dealkylation sites (tertiary alicyclic amines) is 1. The summed E-state index contributed by atoms with van der Waals surface area (Å²) in [6.45, 7) is 7.42. The molecule has 0 amide bonds. The first-order valence-electron chi connectivity index (χ1n) is 10.3. The molecule has 1 spiro atoms. The highest BCUT2D eigenvalue weighted by Gasteiger charge is 2.43. The number of pyridine rings is 1. The summed E-state index contributed by atoms with van der Waals surface area (Å²) in [5, 5.41) is 4.64. The van der Waals surface area contributed by atoms with Crippen LogP contribution in [0.5, 0.6) is 0 Å². The van der Waals surface area contributed by atoms with Gasteiger partial charge in [0.05, 0.1) is 23.1 Å². The number of rotatable bonds is 3. The third-order valence-corrected chi connectivity index (χ3v) is 6.45. The van der Waals surface area contributed by atoms with Gasteiger partial charge in [0.25, 0.3) is 0 Å². The number of anilines is 1. The van der Waals surface area contributed by atoms with Crippen molar-refractivity contribution in [2.24, 2.45) is 0 Å². The van der Waals surface area contributed by atoms with Crippen LogP contribution in [0.15, 0.2) is 48.8 Å². The molecule has 0 saturated carbocycles. The Hall–Kier alpha value is -2.37. The van der Waals surface area contributed by atoms with Crippen LogP contribution in [0.25, 0.3) is 5.82 Å². The SMILES string of the molecule is CC(C)c1ncc2n1-c1ncccc1NC21CCN(Cc2ccc(Cl)cc2)CC1. The monoisotopic (exact) mass is 407 g/mol. The van der Waals surface area contributed by atoms with Crippen LogP contribution in [-0.4, -0.2) is 32.5 Å². The maximum absolute atomic E-state index is 6.03. The van der Waals surface area contributed by atoms with Gasteiger partial charge in [0, 0.05) is 36.8 Å². The smallest absolute Gasteiger partial charge is 0.161 e. The van der Waals surface area contributed by atoms with E-state index in [1.165, 1.54) is 11.3 Å². The van der Waals surface area contributed by atoms with Gasteiger partial charge in [0.15, 0.2) is 5.82 Å². The summed E-state index contributed by atoms with van der Waals surface area (Å²) in [7, 11) is 0. The molecule has 29 heavy (non-hydrogen) atoms. The Balaban J connectivity index is 1.43. The molecule has 0 bridgehead atoms. The molecular formula is C23H26ClN5. The lowest BCUT2D eigenvalue weighted by molar-refractivity contribution is 0.161. The summed E-state index contributed by atoms with van der Waals surface area (Å²) < 4.78 is 2.30. The van der Waals surface area contributed by atoms with E-state index in [1.54, 1.807) is 0 Å². The molecule has 5 rings (SSSR count). The standard InChI is InChI=1S/C23H26ClN5/c1-16(2)21-26-14-20-23(27-19-4-3-11-25-22(19)29(20)21)9-12-28(13-10-23)15-17-5-7-18(24)8-6-17/h3-8,11,14,16,27H,9-10,12-13,15H2,1-2H3. The minimum Gasteiger partial charge on any atom is -0.371 e. The Bertz CT molecular complexity index is 1020. The van der Waals surface area contributed by atoms with Gasteiger partial charge in [-0.1, -0.05) is 37.6 Å². The number of nitrogens with zero attached hydrogens (tertiary/aromatic N) is 4.